The van der Waals surface area contributed by atoms with Crippen LogP contribution in [0.15, 0.2) is 40.2 Å². The average molecular weight is 362 g/mol. The molecule has 0 saturated carbocycles. The predicted molar refractivity (Wildman–Crippen MR) is 83.0 cm³/mol. The van der Waals surface area contributed by atoms with E-state index in [4.69, 9.17) is 11.6 Å². The fourth-order valence-corrected chi connectivity index (χ4v) is 3.85. The van der Waals surface area contributed by atoms with Crippen molar-refractivity contribution in [2.45, 2.75) is 11.8 Å². The monoisotopic (exact) mass is 360 g/mol. The molecule has 19 heavy (non-hydrogen) atoms. The highest BCUT2D eigenvalue weighted by molar-refractivity contribution is 9.10. The number of benzene rings is 1. The van der Waals surface area contributed by atoms with E-state index in [1.807, 2.05) is 23.6 Å². The molecule has 0 fully saturated rings. The molecule has 0 atom stereocenters. The van der Waals surface area contributed by atoms with Gasteiger partial charge in [0.15, 0.2) is 0 Å². The van der Waals surface area contributed by atoms with E-state index < -0.39 is 5.41 Å². The molecule has 1 aromatic heterocycles. The van der Waals surface area contributed by atoms with Gasteiger partial charge in [0.1, 0.15) is 0 Å². The first-order valence-electron chi connectivity index (χ1n) is 5.81. The summed E-state index contributed by atoms with van der Waals surface area (Å²) in [4.78, 5) is 1.10. The molecule has 0 aliphatic carbocycles. The molecular formula is C14H14BrClO2S. The second kappa shape index (κ2) is 6.37. The van der Waals surface area contributed by atoms with Gasteiger partial charge in [-0.15, -0.1) is 11.3 Å². The molecule has 1 aromatic carbocycles. The summed E-state index contributed by atoms with van der Waals surface area (Å²) >= 11 is 11.1. The maximum Gasteiger partial charge on any atom is 0.0553 e. The topological polar surface area (TPSA) is 40.5 Å². The highest BCUT2D eigenvalue weighted by atomic mass is 79.9. The van der Waals surface area contributed by atoms with Gasteiger partial charge in [-0.05, 0) is 51.5 Å². The Bertz CT molecular complexity index is 552. The average Bonchev–Trinajstić information content (AvgIpc) is 2.81. The second-order valence-corrected chi connectivity index (χ2v) is 6.77. The molecule has 0 radical (unpaired) electrons. The van der Waals surface area contributed by atoms with Crippen LogP contribution in [0.25, 0.3) is 0 Å². The lowest BCUT2D eigenvalue weighted by Crippen LogP contribution is -2.37. The first kappa shape index (κ1) is 15.0. The first-order valence-corrected chi connectivity index (χ1v) is 7.86. The van der Waals surface area contributed by atoms with Crippen molar-refractivity contribution in [1.29, 1.82) is 0 Å². The van der Waals surface area contributed by atoms with E-state index in [1.54, 1.807) is 23.5 Å². The number of hydrogen-bond donors (Lipinski definition) is 2. The third-order valence-corrected chi connectivity index (χ3v) is 5.39. The Balaban J connectivity index is 2.40. The minimum absolute atomic E-state index is 0.131. The number of hydrogen-bond acceptors (Lipinski definition) is 3. The molecule has 0 aliphatic heterocycles. The van der Waals surface area contributed by atoms with Gasteiger partial charge in [-0.2, -0.15) is 0 Å². The van der Waals surface area contributed by atoms with Gasteiger partial charge in [0.05, 0.1) is 13.2 Å². The summed E-state index contributed by atoms with van der Waals surface area (Å²) < 4.78 is 1.01. The van der Waals surface area contributed by atoms with Crippen molar-refractivity contribution < 1.29 is 10.2 Å². The van der Waals surface area contributed by atoms with Crippen molar-refractivity contribution in [2.24, 2.45) is 0 Å². The molecule has 0 unspecified atom stereocenters. The van der Waals surface area contributed by atoms with Gasteiger partial charge in [-0.25, -0.2) is 0 Å². The van der Waals surface area contributed by atoms with E-state index in [2.05, 4.69) is 15.9 Å². The summed E-state index contributed by atoms with van der Waals surface area (Å²) in [6.45, 7) is -0.262. The van der Waals surface area contributed by atoms with Crippen molar-refractivity contribution >= 4 is 38.9 Å². The molecule has 2 nitrogen and oxygen atoms in total. The van der Waals surface area contributed by atoms with E-state index in [0.29, 0.717) is 11.4 Å². The van der Waals surface area contributed by atoms with E-state index in [-0.39, 0.29) is 13.2 Å². The van der Waals surface area contributed by atoms with Gasteiger partial charge >= 0.3 is 0 Å². The third kappa shape index (κ3) is 3.20. The summed E-state index contributed by atoms with van der Waals surface area (Å²) in [6.07, 6.45) is 0.568. The molecule has 0 amide bonds. The standard InChI is InChI=1S/C14H14BrClO2S/c15-12-4-5-19-13(12)7-14(8-17,9-18)10-2-1-3-11(16)6-10/h1-6,17-18H,7-9H2. The zero-order valence-corrected chi connectivity index (χ0v) is 13.3. The molecule has 2 N–H and O–H groups in total. The number of thiophene rings is 1. The lowest BCUT2D eigenvalue weighted by molar-refractivity contribution is 0.116. The Labute approximate surface area is 129 Å². The smallest absolute Gasteiger partial charge is 0.0553 e. The fraction of sp³-hybridized carbons (Fsp3) is 0.286. The van der Waals surface area contributed by atoms with Crippen LogP contribution in [0.1, 0.15) is 10.4 Å². The number of rotatable bonds is 5. The van der Waals surface area contributed by atoms with Crippen molar-refractivity contribution in [3.8, 4) is 0 Å². The molecule has 2 rings (SSSR count). The fourth-order valence-electron chi connectivity index (χ4n) is 2.02. The summed E-state index contributed by atoms with van der Waals surface area (Å²) in [6, 6.07) is 9.28. The molecule has 0 bridgehead atoms. The largest absolute Gasteiger partial charge is 0.395 e. The Morgan fingerprint density at radius 2 is 1.95 bits per heavy atom. The minimum atomic E-state index is -0.710. The number of halogens is 2. The van der Waals surface area contributed by atoms with Crippen LogP contribution in [0.4, 0.5) is 0 Å². The van der Waals surface area contributed by atoms with Gasteiger partial charge in [-0.1, -0.05) is 23.7 Å². The van der Waals surface area contributed by atoms with Gasteiger partial charge in [0, 0.05) is 19.8 Å². The van der Waals surface area contributed by atoms with Gasteiger partial charge in [-0.3, -0.25) is 0 Å². The van der Waals surface area contributed by atoms with Crippen LogP contribution >= 0.6 is 38.9 Å². The van der Waals surface area contributed by atoms with Crippen LogP contribution in [-0.2, 0) is 11.8 Å². The molecule has 1 heterocycles. The molecule has 0 aliphatic rings. The van der Waals surface area contributed by atoms with E-state index in [9.17, 15) is 10.2 Å². The highest BCUT2D eigenvalue weighted by Crippen LogP contribution is 2.34. The maximum atomic E-state index is 9.80. The SMILES string of the molecule is OCC(CO)(Cc1sccc1Br)c1cccc(Cl)c1. The quantitative estimate of drug-likeness (QED) is 0.854. The van der Waals surface area contributed by atoms with E-state index >= 15 is 0 Å². The zero-order valence-electron chi connectivity index (χ0n) is 10.1. The van der Waals surface area contributed by atoms with Gasteiger partial charge in [0.25, 0.3) is 0 Å². The van der Waals surface area contributed by atoms with Gasteiger partial charge < -0.3 is 10.2 Å². The number of aliphatic hydroxyl groups excluding tert-OH is 2. The van der Waals surface area contributed by atoms with Crippen molar-refractivity contribution in [1.82, 2.24) is 0 Å². The Hall–Kier alpha value is -0.390. The Kier molecular flexibility index (Phi) is 5.03. The van der Waals surface area contributed by atoms with Crippen LogP contribution in [0.5, 0.6) is 0 Å². The Morgan fingerprint density at radius 3 is 2.47 bits per heavy atom. The highest BCUT2D eigenvalue weighted by Gasteiger charge is 2.32. The number of aliphatic hydroxyl groups is 2. The maximum absolute atomic E-state index is 9.80. The van der Waals surface area contributed by atoms with Crippen LogP contribution in [0, 0.1) is 0 Å². The van der Waals surface area contributed by atoms with E-state index in [0.717, 1.165) is 14.9 Å². The van der Waals surface area contributed by atoms with Crippen molar-refractivity contribution in [3.63, 3.8) is 0 Å². The molecule has 102 valence electrons. The summed E-state index contributed by atoms with van der Waals surface area (Å²) in [7, 11) is 0. The summed E-state index contributed by atoms with van der Waals surface area (Å²) in [5.41, 5.74) is 0.142. The lowest BCUT2D eigenvalue weighted by atomic mass is 9.78. The Morgan fingerprint density at radius 1 is 1.21 bits per heavy atom. The molecule has 0 saturated heterocycles. The molecule has 0 spiro atoms. The van der Waals surface area contributed by atoms with Crippen LogP contribution in [0.3, 0.4) is 0 Å². The second-order valence-electron chi connectivity index (χ2n) is 4.48. The molecule has 2 aromatic rings. The van der Waals surface area contributed by atoms with E-state index in [1.165, 1.54) is 0 Å². The first-order chi connectivity index (χ1) is 9.11. The summed E-state index contributed by atoms with van der Waals surface area (Å²) in [5, 5.41) is 22.2. The van der Waals surface area contributed by atoms with Crippen LogP contribution in [0.2, 0.25) is 5.02 Å². The lowest BCUT2D eigenvalue weighted by Gasteiger charge is -2.30. The molecular weight excluding hydrogens is 348 g/mol. The predicted octanol–water partition coefficient (Wildman–Crippen LogP) is 3.63. The summed E-state index contributed by atoms with van der Waals surface area (Å²) in [5.74, 6) is 0. The van der Waals surface area contributed by atoms with Crippen molar-refractivity contribution in [2.75, 3.05) is 13.2 Å². The third-order valence-electron chi connectivity index (χ3n) is 3.23. The normalized spacial score (nSPS) is 11.8. The minimum Gasteiger partial charge on any atom is -0.395 e. The van der Waals surface area contributed by atoms with Crippen LogP contribution in [-0.4, -0.2) is 23.4 Å². The van der Waals surface area contributed by atoms with Gasteiger partial charge in [0.2, 0.25) is 0 Å². The molecule has 5 heteroatoms. The van der Waals surface area contributed by atoms with Crippen molar-refractivity contribution in [3.05, 3.63) is 55.6 Å². The zero-order chi connectivity index (χ0) is 13.9. The van der Waals surface area contributed by atoms with Crippen LogP contribution < -0.4 is 0 Å².